The zero-order chi connectivity index (χ0) is 13.2. The zero-order valence-electron chi connectivity index (χ0n) is 11.3. The van der Waals surface area contributed by atoms with Crippen LogP contribution in [0.3, 0.4) is 0 Å². The molecule has 0 radical (unpaired) electrons. The largest absolute Gasteiger partial charge is 0.497 e. The first-order valence-corrected chi connectivity index (χ1v) is 6.64. The number of ether oxygens (including phenoxy) is 1. The Balaban J connectivity index is 2.22. The first-order valence-electron chi connectivity index (χ1n) is 6.64. The Morgan fingerprint density at radius 3 is 2.74 bits per heavy atom. The molecule has 1 atom stereocenters. The highest BCUT2D eigenvalue weighted by Gasteiger charge is 2.20. The standard InChI is InChI=1S/C17H17NO/c1-3-14-15-7-5-4-6-12(15)11-18-17-9-8-13(19-2)10-16(14)17/h4-11,14H,3H2,1-2H3. The van der Waals surface area contributed by atoms with Crippen molar-refractivity contribution in [2.24, 2.45) is 4.99 Å². The minimum absolute atomic E-state index is 0.379. The summed E-state index contributed by atoms with van der Waals surface area (Å²) in [7, 11) is 1.70. The molecule has 2 heteroatoms. The molecule has 3 rings (SSSR count). The summed E-state index contributed by atoms with van der Waals surface area (Å²) in [5.74, 6) is 1.27. The van der Waals surface area contributed by atoms with Crippen LogP contribution < -0.4 is 4.74 Å². The molecular weight excluding hydrogens is 234 g/mol. The number of nitrogens with zero attached hydrogens (tertiary/aromatic N) is 1. The highest BCUT2D eigenvalue weighted by Crippen LogP contribution is 2.39. The lowest BCUT2D eigenvalue weighted by Crippen LogP contribution is -2.02. The number of aliphatic imine (C=N–C) groups is 1. The zero-order valence-corrected chi connectivity index (χ0v) is 11.3. The number of hydrogen-bond donors (Lipinski definition) is 0. The van der Waals surface area contributed by atoms with Crippen LogP contribution in [0.15, 0.2) is 47.5 Å². The third-order valence-corrected chi connectivity index (χ3v) is 3.73. The van der Waals surface area contributed by atoms with Gasteiger partial charge < -0.3 is 4.74 Å². The van der Waals surface area contributed by atoms with Crippen molar-refractivity contribution in [3.05, 3.63) is 59.2 Å². The van der Waals surface area contributed by atoms with Crippen LogP contribution in [0, 0.1) is 0 Å². The molecule has 0 saturated heterocycles. The van der Waals surface area contributed by atoms with Gasteiger partial charge in [-0.1, -0.05) is 31.2 Å². The van der Waals surface area contributed by atoms with Crippen molar-refractivity contribution in [2.45, 2.75) is 19.3 Å². The van der Waals surface area contributed by atoms with Gasteiger partial charge in [-0.25, -0.2) is 0 Å². The van der Waals surface area contributed by atoms with E-state index in [1.807, 2.05) is 18.3 Å². The molecule has 19 heavy (non-hydrogen) atoms. The summed E-state index contributed by atoms with van der Waals surface area (Å²) < 4.78 is 5.35. The van der Waals surface area contributed by atoms with Gasteiger partial charge in [-0.05, 0) is 41.3 Å². The van der Waals surface area contributed by atoms with Crippen LogP contribution in [0.1, 0.15) is 36.0 Å². The lowest BCUT2D eigenvalue weighted by Gasteiger charge is -2.18. The lowest BCUT2D eigenvalue weighted by atomic mass is 9.86. The van der Waals surface area contributed by atoms with Crippen molar-refractivity contribution in [2.75, 3.05) is 7.11 Å². The molecule has 0 bridgehead atoms. The van der Waals surface area contributed by atoms with Crippen LogP contribution in [-0.2, 0) is 0 Å². The fraction of sp³-hybridized carbons (Fsp3) is 0.235. The Kier molecular flexibility index (Phi) is 3.08. The van der Waals surface area contributed by atoms with Gasteiger partial charge in [0.15, 0.2) is 0 Å². The third kappa shape index (κ3) is 2.03. The number of hydrogen-bond acceptors (Lipinski definition) is 2. The lowest BCUT2D eigenvalue weighted by molar-refractivity contribution is 0.414. The Morgan fingerprint density at radius 1 is 1.11 bits per heavy atom. The van der Waals surface area contributed by atoms with E-state index in [-0.39, 0.29) is 0 Å². The van der Waals surface area contributed by atoms with E-state index in [1.54, 1.807) is 7.11 Å². The second-order valence-electron chi connectivity index (χ2n) is 4.77. The summed E-state index contributed by atoms with van der Waals surface area (Å²) in [6, 6.07) is 14.6. The second-order valence-corrected chi connectivity index (χ2v) is 4.77. The molecule has 0 amide bonds. The van der Waals surface area contributed by atoms with Gasteiger partial charge in [-0.3, -0.25) is 4.99 Å². The van der Waals surface area contributed by atoms with Crippen molar-refractivity contribution in [1.82, 2.24) is 0 Å². The van der Waals surface area contributed by atoms with Crippen LogP contribution in [-0.4, -0.2) is 13.3 Å². The molecule has 1 aliphatic rings. The molecule has 0 aliphatic carbocycles. The van der Waals surface area contributed by atoms with Crippen LogP contribution in [0.25, 0.3) is 0 Å². The van der Waals surface area contributed by atoms with Gasteiger partial charge in [0.2, 0.25) is 0 Å². The van der Waals surface area contributed by atoms with Crippen LogP contribution in [0.2, 0.25) is 0 Å². The Hall–Kier alpha value is -2.09. The summed E-state index contributed by atoms with van der Waals surface area (Å²) in [5.41, 5.74) is 4.86. The normalized spacial score (nSPS) is 16.4. The van der Waals surface area contributed by atoms with Crippen molar-refractivity contribution < 1.29 is 4.74 Å². The van der Waals surface area contributed by atoms with Crippen molar-refractivity contribution in [3.8, 4) is 5.75 Å². The highest BCUT2D eigenvalue weighted by molar-refractivity contribution is 5.86. The minimum atomic E-state index is 0.379. The molecule has 2 aromatic carbocycles. The van der Waals surface area contributed by atoms with Crippen LogP contribution >= 0.6 is 0 Å². The quantitative estimate of drug-likeness (QED) is 0.779. The van der Waals surface area contributed by atoms with Crippen molar-refractivity contribution in [1.29, 1.82) is 0 Å². The van der Waals surface area contributed by atoms with Gasteiger partial charge in [-0.15, -0.1) is 0 Å². The van der Waals surface area contributed by atoms with E-state index < -0.39 is 0 Å². The fourth-order valence-corrected chi connectivity index (χ4v) is 2.75. The summed E-state index contributed by atoms with van der Waals surface area (Å²) in [6.07, 6.45) is 3.02. The molecule has 0 N–H and O–H groups in total. The minimum Gasteiger partial charge on any atom is -0.497 e. The van der Waals surface area contributed by atoms with Crippen LogP contribution in [0.5, 0.6) is 5.75 Å². The third-order valence-electron chi connectivity index (χ3n) is 3.73. The van der Waals surface area contributed by atoms with Crippen LogP contribution in [0.4, 0.5) is 5.69 Å². The van der Waals surface area contributed by atoms with E-state index in [0.29, 0.717) is 5.92 Å². The molecule has 1 unspecified atom stereocenters. The highest BCUT2D eigenvalue weighted by atomic mass is 16.5. The van der Waals surface area contributed by atoms with Gasteiger partial charge in [0.05, 0.1) is 12.8 Å². The van der Waals surface area contributed by atoms with Gasteiger partial charge >= 0.3 is 0 Å². The summed E-state index contributed by atoms with van der Waals surface area (Å²) >= 11 is 0. The summed E-state index contributed by atoms with van der Waals surface area (Å²) in [5, 5.41) is 0. The number of benzene rings is 2. The maximum atomic E-state index is 5.35. The maximum absolute atomic E-state index is 5.35. The number of rotatable bonds is 2. The first-order chi connectivity index (χ1) is 9.33. The van der Waals surface area contributed by atoms with E-state index in [1.165, 1.54) is 16.7 Å². The summed E-state index contributed by atoms with van der Waals surface area (Å²) in [4.78, 5) is 4.62. The average Bonchev–Trinajstić information content (AvgIpc) is 2.62. The molecule has 1 aliphatic heterocycles. The first kappa shape index (κ1) is 12.0. The van der Waals surface area contributed by atoms with E-state index >= 15 is 0 Å². The van der Waals surface area contributed by atoms with E-state index in [4.69, 9.17) is 4.74 Å². The smallest absolute Gasteiger partial charge is 0.119 e. The maximum Gasteiger partial charge on any atom is 0.119 e. The van der Waals surface area contributed by atoms with Gasteiger partial charge in [0.1, 0.15) is 5.75 Å². The van der Waals surface area contributed by atoms with E-state index in [9.17, 15) is 0 Å². The molecule has 96 valence electrons. The molecule has 2 nitrogen and oxygen atoms in total. The second kappa shape index (κ2) is 4.88. The van der Waals surface area contributed by atoms with Crippen molar-refractivity contribution in [3.63, 3.8) is 0 Å². The SMILES string of the molecule is CCC1c2ccccc2C=Nc2ccc(OC)cc21. The molecule has 0 spiro atoms. The molecule has 0 aromatic heterocycles. The fourth-order valence-electron chi connectivity index (χ4n) is 2.75. The number of fused-ring (bicyclic) bond motifs is 2. The predicted octanol–water partition coefficient (Wildman–Crippen LogP) is 4.30. The van der Waals surface area contributed by atoms with Gasteiger partial charge in [-0.2, -0.15) is 0 Å². The molecule has 0 fully saturated rings. The molecule has 2 aromatic rings. The summed E-state index contributed by atoms with van der Waals surface area (Å²) in [6.45, 7) is 2.22. The van der Waals surface area contributed by atoms with E-state index in [0.717, 1.165) is 17.9 Å². The Bertz CT molecular complexity index is 631. The number of methoxy groups -OCH3 is 1. The van der Waals surface area contributed by atoms with E-state index in [2.05, 4.69) is 42.2 Å². The van der Waals surface area contributed by atoms with Gasteiger partial charge in [0.25, 0.3) is 0 Å². The molecular formula is C17H17NO. The molecule has 0 saturated carbocycles. The topological polar surface area (TPSA) is 21.6 Å². The average molecular weight is 251 g/mol. The monoisotopic (exact) mass is 251 g/mol. The Labute approximate surface area is 113 Å². The Morgan fingerprint density at radius 2 is 1.95 bits per heavy atom. The predicted molar refractivity (Wildman–Crippen MR) is 78.8 cm³/mol. The molecule has 1 heterocycles. The van der Waals surface area contributed by atoms with Crippen molar-refractivity contribution >= 4 is 11.9 Å². The van der Waals surface area contributed by atoms with Gasteiger partial charge in [0, 0.05) is 12.1 Å².